The van der Waals surface area contributed by atoms with Crippen LogP contribution in [-0.2, 0) is 32.0 Å². The number of ether oxygens (including phenoxy) is 2. The Morgan fingerprint density at radius 1 is 0.848 bits per heavy atom. The van der Waals surface area contributed by atoms with Crippen molar-refractivity contribution in [3.8, 4) is 0 Å². The molecule has 0 spiro atoms. The summed E-state index contributed by atoms with van der Waals surface area (Å²) < 4.78 is 11.0. The van der Waals surface area contributed by atoms with Gasteiger partial charge in [-0.25, -0.2) is 4.79 Å². The molecule has 5 rings (SSSR count). The van der Waals surface area contributed by atoms with Crippen LogP contribution in [0, 0.1) is 0 Å². The fourth-order valence-electron chi connectivity index (χ4n) is 5.66. The third-order valence-corrected chi connectivity index (χ3v) is 8.12. The zero-order valence-corrected chi connectivity index (χ0v) is 25.9. The third kappa shape index (κ3) is 8.80. The van der Waals surface area contributed by atoms with Crippen molar-refractivity contribution in [2.75, 3.05) is 25.6 Å². The number of anilines is 1. The van der Waals surface area contributed by atoms with Crippen LogP contribution in [0.4, 0.5) is 10.5 Å². The number of para-hydroxylation sites is 1. The van der Waals surface area contributed by atoms with Gasteiger partial charge in [-0.15, -0.1) is 0 Å². The van der Waals surface area contributed by atoms with Crippen LogP contribution in [-0.4, -0.2) is 56.4 Å². The summed E-state index contributed by atoms with van der Waals surface area (Å²) in [4.78, 5) is 39.1. The number of morpholine rings is 1. The normalized spacial score (nSPS) is 16.7. The van der Waals surface area contributed by atoms with Gasteiger partial charge >= 0.3 is 6.09 Å². The predicted molar refractivity (Wildman–Crippen MR) is 177 cm³/mol. The van der Waals surface area contributed by atoms with Crippen molar-refractivity contribution in [2.24, 2.45) is 0 Å². The summed E-state index contributed by atoms with van der Waals surface area (Å²) in [5.41, 5.74) is 4.40. The largest absolute Gasteiger partial charge is 0.453 e. The lowest BCUT2D eigenvalue weighted by Gasteiger charge is -2.30. The van der Waals surface area contributed by atoms with Crippen LogP contribution < -0.4 is 21.3 Å². The van der Waals surface area contributed by atoms with Crippen LogP contribution in [0.25, 0.3) is 0 Å². The second-order valence-electron chi connectivity index (χ2n) is 11.2. The minimum Gasteiger partial charge on any atom is -0.453 e. The molecule has 9 heteroatoms. The SMILES string of the molecule is COC(=O)NC(C(=O)Nc1ccccc1CCC1CNC(C(=O)NCc2ccccc2)CO1)C(c1ccccc1)c1ccccc1. The summed E-state index contributed by atoms with van der Waals surface area (Å²) in [6.45, 7) is 1.29. The first-order valence-electron chi connectivity index (χ1n) is 15.5. The van der Waals surface area contributed by atoms with E-state index < -0.39 is 24.1 Å². The highest BCUT2D eigenvalue weighted by Crippen LogP contribution is 2.30. The van der Waals surface area contributed by atoms with Gasteiger partial charge in [-0.3, -0.25) is 9.59 Å². The van der Waals surface area contributed by atoms with E-state index in [1.54, 1.807) is 0 Å². The van der Waals surface area contributed by atoms with Crippen LogP contribution in [0.2, 0.25) is 0 Å². The Labute approximate surface area is 269 Å². The number of carbonyl (C=O) groups excluding carboxylic acids is 3. The Kier molecular flexibility index (Phi) is 11.5. The van der Waals surface area contributed by atoms with Gasteiger partial charge in [-0.05, 0) is 41.2 Å². The van der Waals surface area contributed by atoms with Crippen molar-refractivity contribution in [2.45, 2.75) is 43.5 Å². The molecule has 0 saturated carbocycles. The Bertz CT molecular complexity index is 1520. The second kappa shape index (κ2) is 16.4. The fourth-order valence-corrected chi connectivity index (χ4v) is 5.66. The van der Waals surface area contributed by atoms with Crippen molar-refractivity contribution in [1.82, 2.24) is 16.0 Å². The van der Waals surface area contributed by atoms with E-state index in [0.29, 0.717) is 31.6 Å². The molecule has 3 amide bonds. The number of benzene rings is 4. The predicted octanol–water partition coefficient (Wildman–Crippen LogP) is 4.79. The van der Waals surface area contributed by atoms with Crippen molar-refractivity contribution >= 4 is 23.6 Å². The van der Waals surface area contributed by atoms with Gasteiger partial charge in [0.2, 0.25) is 11.8 Å². The van der Waals surface area contributed by atoms with Gasteiger partial charge in [0.15, 0.2) is 0 Å². The highest BCUT2D eigenvalue weighted by atomic mass is 16.5. The van der Waals surface area contributed by atoms with Crippen LogP contribution in [0.15, 0.2) is 115 Å². The van der Waals surface area contributed by atoms with E-state index in [2.05, 4.69) is 21.3 Å². The summed E-state index contributed by atoms with van der Waals surface area (Å²) in [5.74, 6) is -0.918. The Morgan fingerprint density at radius 3 is 2.07 bits per heavy atom. The molecular formula is C37H40N4O5. The van der Waals surface area contributed by atoms with Crippen molar-refractivity contribution < 1.29 is 23.9 Å². The van der Waals surface area contributed by atoms with Crippen molar-refractivity contribution in [3.63, 3.8) is 0 Å². The van der Waals surface area contributed by atoms with E-state index in [1.807, 2.05) is 115 Å². The molecule has 4 aromatic carbocycles. The van der Waals surface area contributed by atoms with Crippen LogP contribution >= 0.6 is 0 Å². The van der Waals surface area contributed by atoms with Crippen molar-refractivity contribution in [3.05, 3.63) is 138 Å². The lowest BCUT2D eigenvalue weighted by Crippen LogP contribution is -2.53. The summed E-state index contributed by atoms with van der Waals surface area (Å²) in [5, 5.41) is 12.1. The topological polar surface area (TPSA) is 118 Å². The number of hydrogen-bond acceptors (Lipinski definition) is 6. The van der Waals surface area contributed by atoms with Gasteiger partial charge < -0.3 is 30.7 Å². The molecule has 1 fully saturated rings. The van der Waals surface area contributed by atoms with Gasteiger partial charge in [-0.2, -0.15) is 0 Å². The molecule has 238 valence electrons. The molecule has 0 bridgehead atoms. The van der Waals surface area contributed by atoms with E-state index in [4.69, 9.17) is 9.47 Å². The highest BCUT2D eigenvalue weighted by molar-refractivity contribution is 5.98. The summed E-state index contributed by atoms with van der Waals surface area (Å²) in [6, 6.07) is 35.3. The molecule has 0 radical (unpaired) electrons. The lowest BCUT2D eigenvalue weighted by atomic mass is 9.84. The molecule has 46 heavy (non-hydrogen) atoms. The number of alkyl carbamates (subject to hydrolysis) is 1. The Hall–Kier alpha value is -4.99. The number of aryl methyl sites for hydroxylation is 1. The van der Waals surface area contributed by atoms with Crippen molar-refractivity contribution in [1.29, 1.82) is 0 Å². The molecule has 9 nitrogen and oxygen atoms in total. The maximum atomic E-state index is 14.0. The number of rotatable bonds is 12. The zero-order valence-electron chi connectivity index (χ0n) is 25.9. The number of methoxy groups -OCH3 is 1. The molecule has 0 aromatic heterocycles. The molecular weight excluding hydrogens is 580 g/mol. The zero-order chi connectivity index (χ0) is 32.1. The van der Waals surface area contributed by atoms with E-state index in [0.717, 1.165) is 22.3 Å². The molecule has 3 unspecified atom stereocenters. The summed E-state index contributed by atoms with van der Waals surface area (Å²) in [7, 11) is 1.28. The van der Waals surface area contributed by atoms with Gasteiger partial charge in [0.1, 0.15) is 12.1 Å². The minimum absolute atomic E-state index is 0.0868. The first kappa shape index (κ1) is 32.4. The molecule has 4 aromatic rings. The average molecular weight is 621 g/mol. The first-order chi connectivity index (χ1) is 22.5. The van der Waals surface area contributed by atoms with E-state index >= 15 is 0 Å². The molecule has 1 aliphatic heterocycles. The summed E-state index contributed by atoms with van der Waals surface area (Å²) >= 11 is 0. The van der Waals surface area contributed by atoms with E-state index in [-0.39, 0.29) is 24.5 Å². The molecule has 1 saturated heterocycles. The number of hydrogen-bond donors (Lipinski definition) is 4. The average Bonchev–Trinajstić information content (AvgIpc) is 3.11. The Morgan fingerprint density at radius 2 is 1.46 bits per heavy atom. The highest BCUT2D eigenvalue weighted by Gasteiger charge is 2.33. The second-order valence-corrected chi connectivity index (χ2v) is 11.2. The fraction of sp³-hybridized carbons (Fsp3) is 0.270. The monoisotopic (exact) mass is 620 g/mol. The Balaban J connectivity index is 1.22. The molecule has 1 heterocycles. The smallest absolute Gasteiger partial charge is 0.407 e. The maximum absolute atomic E-state index is 14.0. The van der Waals surface area contributed by atoms with Crippen LogP contribution in [0.5, 0.6) is 0 Å². The maximum Gasteiger partial charge on any atom is 0.407 e. The van der Waals surface area contributed by atoms with Gasteiger partial charge in [-0.1, -0.05) is 109 Å². The molecule has 3 atom stereocenters. The number of amides is 3. The van der Waals surface area contributed by atoms with Gasteiger partial charge in [0.05, 0.1) is 19.8 Å². The lowest BCUT2D eigenvalue weighted by molar-refractivity contribution is -0.127. The summed E-state index contributed by atoms with van der Waals surface area (Å²) in [6.07, 6.45) is 0.554. The molecule has 4 N–H and O–H groups in total. The number of carbonyl (C=O) groups is 3. The van der Waals surface area contributed by atoms with E-state index in [1.165, 1.54) is 7.11 Å². The molecule has 0 aliphatic carbocycles. The van der Waals surface area contributed by atoms with Crippen LogP contribution in [0.1, 0.15) is 34.6 Å². The van der Waals surface area contributed by atoms with E-state index in [9.17, 15) is 14.4 Å². The van der Waals surface area contributed by atoms with Gasteiger partial charge in [0, 0.05) is 24.7 Å². The quantitative estimate of drug-likeness (QED) is 0.181. The third-order valence-electron chi connectivity index (χ3n) is 8.12. The minimum atomic E-state index is -0.957. The van der Waals surface area contributed by atoms with Crippen LogP contribution in [0.3, 0.4) is 0 Å². The molecule has 1 aliphatic rings. The number of nitrogens with one attached hydrogen (secondary N) is 4. The van der Waals surface area contributed by atoms with Gasteiger partial charge in [0.25, 0.3) is 0 Å². The standard InChI is InChI=1S/C37H40N4O5/c1-45-37(44)41-34(33(28-16-7-3-8-17-28)29-18-9-4-10-19-29)36(43)40-31-20-12-11-15-27(31)21-22-30-24-38-32(25-46-30)35(42)39-23-26-13-5-2-6-14-26/h2-20,30,32-34,38H,21-25H2,1H3,(H,39,42)(H,40,43)(H,41,44). The first-order valence-corrected chi connectivity index (χ1v) is 15.5.